The number of halogens is 3. The summed E-state index contributed by atoms with van der Waals surface area (Å²) in [6.45, 7) is 1.59. The maximum Gasteiger partial charge on any atom is 0.209 e. The number of aryl methyl sites for hydroxylation is 1. The smallest absolute Gasteiger partial charge is 0.209 e. The molecular formula is C12H16Br2ClN5OS. The number of aromatic nitrogens is 4. The van der Waals surface area contributed by atoms with Crippen molar-refractivity contribution in [1.82, 2.24) is 25.5 Å². The largest absolute Gasteiger partial charge is 0.495 e. The van der Waals surface area contributed by atoms with Crippen LogP contribution in [0.4, 0.5) is 0 Å². The normalized spacial score (nSPS) is 10.4. The molecule has 1 heterocycles. The quantitative estimate of drug-likeness (QED) is 0.493. The summed E-state index contributed by atoms with van der Waals surface area (Å²) >= 11 is 8.61. The number of nitrogens with zero attached hydrogens (tertiary/aromatic N) is 4. The van der Waals surface area contributed by atoms with Crippen LogP contribution in [-0.4, -0.2) is 39.6 Å². The maximum absolute atomic E-state index is 5.42. The fourth-order valence-corrected chi connectivity index (χ4v) is 3.98. The predicted octanol–water partition coefficient (Wildman–Crippen LogP) is 3.05. The molecule has 0 fully saturated rings. The number of thioether (sulfide) groups is 1. The number of benzene rings is 1. The zero-order valence-corrected chi connectivity index (χ0v) is 16.9. The third kappa shape index (κ3) is 5.38. The van der Waals surface area contributed by atoms with Crippen molar-refractivity contribution >= 4 is 56.0 Å². The maximum atomic E-state index is 5.42. The van der Waals surface area contributed by atoms with Crippen molar-refractivity contribution in [2.45, 2.75) is 11.7 Å². The van der Waals surface area contributed by atoms with E-state index in [-0.39, 0.29) is 12.4 Å². The average molecular weight is 474 g/mol. The third-order valence-corrected chi connectivity index (χ3v) is 4.76. The van der Waals surface area contributed by atoms with Crippen LogP contribution in [0, 0.1) is 0 Å². The molecule has 122 valence electrons. The molecule has 0 aliphatic rings. The van der Waals surface area contributed by atoms with Gasteiger partial charge in [-0.3, -0.25) is 0 Å². The minimum atomic E-state index is 0. The van der Waals surface area contributed by atoms with Gasteiger partial charge in [0.15, 0.2) is 0 Å². The van der Waals surface area contributed by atoms with Crippen molar-refractivity contribution in [1.29, 1.82) is 0 Å². The van der Waals surface area contributed by atoms with Gasteiger partial charge in [0.25, 0.3) is 0 Å². The lowest BCUT2D eigenvalue weighted by Gasteiger charge is -2.12. The van der Waals surface area contributed by atoms with E-state index in [1.54, 1.807) is 23.6 Å². The molecule has 0 atom stereocenters. The van der Waals surface area contributed by atoms with Gasteiger partial charge in [0.1, 0.15) is 5.75 Å². The summed E-state index contributed by atoms with van der Waals surface area (Å²) in [7, 11) is 3.51. The van der Waals surface area contributed by atoms with Gasteiger partial charge in [-0.1, -0.05) is 27.7 Å². The van der Waals surface area contributed by atoms with Crippen molar-refractivity contribution in [3.05, 3.63) is 26.6 Å². The van der Waals surface area contributed by atoms with Crippen LogP contribution in [0.25, 0.3) is 0 Å². The molecule has 2 rings (SSSR count). The molecule has 10 heteroatoms. The van der Waals surface area contributed by atoms with E-state index >= 15 is 0 Å². The minimum Gasteiger partial charge on any atom is -0.495 e. The van der Waals surface area contributed by atoms with Gasteiger partial charge in [0.05, 0.1) is 11.6 Å². The first-order valence-electron chi connectivity index (χ1n) is 6.19. The lowest BCUT2D eigenvalue weighted by atomic mass is 10.2. The Balaban J connectivity index is 0.00000242. The molecule has 0 saturated heterocycles. The number of methoxy groups -OCH3 is 1. The summed E-state index contributed by atoms with van der Waals surface area (Å²) in [6, 6.07) is 4.02. The van der Waals surface area contributed by atoms with Gasteiger partial charge in [-0.15, -0.1) is 17.5 Å². The van der Waals surface area contributed by atoms with Crippen LogP contribution in [0.3, 0.4) is 0 Å². The SMILES string of the molecule is COc1c(Br)cc(Br)cc1CNCCSc1nnnn1C.Cl. The second-order valence-electron chi connectivity index (χ2n) is 4.19. The second-order valence-corrected chi connectivity index (χ2v) is 7.02. The molecule has 6 nitrogen and oxygen atoms in total. The van der Waals surface area contributed by atoms with Crippen LogP contribution >= 0.6 is 56.0 Å². The van der Waals surface area contributed by atoms with E-state index in [0.29, 0.717) is 0 Å². The van der Waals surface area contributed by atoms with Crippen molar-refractivity contribution < 1.29 is 4.74 Å². The van der Waals surface area contributed by atoms with Crippen LogP contribution < -0.4 is 10.1 Å². The second kappa shape index (κ2) is 9.71. The fraction of sp³-hybridized carbons (Fsp3) is 0.417. The van der Waals surface area contributed by atoms with E-state index in [1.165, 1.54) is 0 Å². The predicted molar refractivity (Wildman–Crippen MR) is 96.9 cm³/mol. The molecular weight excluding hydrogens is 457 g/mol. The molecule has 1 aromatic heterocycles. The average Bonchev–Trinajstić information content (AvgIpc) is 2.83. The van der Waals surface area contributed by atoms with E-state index in [4.69, 9.17) is 4.74 Å². The molecule has 0 saturated carbocycles. The minimum absolute atomic E-state index is 0. The molecule has 0 radical (unpaired) electrons. The lowest BCUT2D eigenvalue weighted by Crippen LogP contribution is -2.17. The van der Waals surface area contributed by atoms with Crippen molar-refractivity contribution in [2.24, 2.45) is 7.05 Å². The summed E-state index contributed by atoms with van der Waals surface area (Å²) in [6.07, 6.45) is 0. The Hall–Kier alpha value is -0.350. The number of rotatable bonds is 7. The zero-order valence-electron chi connectivity index (χ0n) is 12.0. The van der Waals surface area contributed by atoms with E-state index in [1.807, 2.05) is 13.1 Å². The first-order valence-corrected chi connectivity index (χ1v) is 8.76. The van der Waals surface area contributed by atoms with E-state index in [0.717, 1.165) is 44.3 Å². The summed E-state index contributed by atoms with van der Waals surface area (Å²) in [5, 5.41) is 15.5. The van der Waals surface area contributed by atoms with Gasteiger partial charge >= 0.3 is 0 Å². The summed E-state index contributed by atoms with van der Waals surface area (Å²) < 4.78 is 9.05. The summed E-state index contributed by atoms with van der Waals surface area (Å²) in [5.74, 6) is 1.75. The van der Waals surface area contributed by atoms with E-state index in [2.05, 4.69) is 58.8 Å². The molecule has 1 aromatic carbocycles. The Bertz CT molecular complexity index is 613. The molecule has 0 spiro atoms. The molecule has 2 aromatic rings. The Kier molecular flexibility index (Phi) is 8.70. The van der Waals surface area contributed by atoms with Crippen LogP contribution in [0.1, 0.15) is 5.56 Å². The lowest BCUT2D eigenvalue weighted by molar-refractivity contribution is 0.405. The van der Waals surface area contributed by atoms with Crippen LogP contribution in [-0.2, 0) is 13.6 Å². The molecule has 22 heavy (non-hydrogen) atoms. The molecule has 0 aliphatic heterocycles. The highest BCUT2D eigenvalue weighted by Gasteiger charge is 2.09. The van der Waals surface area contributed by atoms with E-state index in [9.17, 15) is 0 Å². The summed E-state index contributed by atoms with van der Waals surface area (Å²) in [4.78, 5) is 0. The van der Waals surface area contributed by atoms with Gasteiger partial charge in [-0.05, 0) is 38.5 Å². The van der Waals surface area contributed by atoms with Gasteiger partial charge in [0, 0.05) is 35.9 Å². The highest BCUT2D eigenvalue weighted by Crippen LogP contribution is 2.32. The molecule has 1 N–H and O–H groups in total. The highest BCUT2D eigenvalue weighted by atomic mass is 79.9. The standard InChI is InChI=1S/C12H15Br2N5OS.ClH/c1-19-12(16-17-18-19)21-4-3-15-7-8-5-9(13)6-10(14)11(8)20-2;/h5-6,15H,3-4,7H2,1-2H3;1H. The Morgan fingerprint density at radius 3 is 2.77 bits per heavy atom. The van der Waals surface area contributed by atoms with E-state index < -0.39 is 0 Å². The fourth-order valence-electron chi connectivity index (χ4n) is 1.75. The van der Waals surface area contributed by atoms with Crippen molar-refractivity contribution in [2.75, 3.05) is 19.4 Å². The molecule has 0 unspecified atom stereocenters. The number of ether oxygens (including phenoxy) is 1. The number of hydrogen-bond donors (Lipinski definition) is 1. The number of tetrazole rings is 1. The number of hydrogen-bond acceptors (Lipinski definition) is 6. The first-order chi connectivity index (χ1) is 10.1. The number of nitrogens with one attached hydrogen (secondary N) is 1. The Morgan fingerprint density at radius 1 is 1.36 bits per heavy atom. The van der Waals surface area contributed by atoms with Gasteiger partial charge in [-0.2, -0.15) is 0 Å². The van der Waals surface area contributed by atoms with Crippen LogP contribution in [0.5, 0.6) is 5.75 Å². The Morgan fingerprint density at radius 2 is 2.14 bits per heavy atom. The first kappa shape index (κ1) is 19.7. The van der Waals surface area contributed by atoms with Gasteiger partial charge < -0.3 is 10.1 Å². The highest BCUT2D eigenvalue weighted by molar-refractivity contribution is 9.11. The van der Waals surface area contributed by atoms with Crippen LogP contribution in [0.2, 0.25) is 0 Å². The monoisotopic (exact) mass is 471 g/mol. The zero-order chi connectivity index (χ0) is 15.2. The summed E-state index contributed by atoms with van der Waals surface area (Å²) in [5.41, 5.74) is 1.10. The molecule has 0 bridgehead atoms. The van der Waals surface area contributed by atoms with Crippen molar-refractivity contribution in [3.8, 4) is 5.75 Å². The third-order valence-electron chi connectivity index (χ3n) is 2.70. The molecule has 0 aliphatic carbocycles. The Labute approximate surface area is 156 Å². The molecule has 0 amide bonds. The van der Waals surface area contributed by atoms with Crippen molar-refractivity contribution in [3.63, 3.8) is 0 Å². The van der Waals surface area contributed by atoms with Crippen LogP contribution in [0.15, 0.2) is 26.2 Å². The van der Waals surface area contributed by atoms with Gasteiger partial charge in [0.2, 0.25) is 5.16 Å². The van der Waals surface area contributed by atoms with Gasteiger partial charge in [-0.25, -0.2) is 4.68 Å². The topological polar surface area (TPSA) is 64.9 Å².